The summed E-state index contributed by atoms with van der Waals surface area (Å²) in [5, 5.41) is 44.6. The first-order valence-electron chi connectivity index (χ1n) is 12.9. The van der Waals surface area contributed by atoms with E-state index in [9.17, 15) is 34.8 Å². The molecule has 3 aliphatic carbocycles. The van der Waals surface area contributed by atoms with Crippen LogP contribution < -0.4 is 5.73 Å². The summed E-state index contributed by atoms with van der Waals surface area (Å²) in [6.07, 6.45) is 1.69. The molecule has 9 nitrogen and oxygen atoms in total. The Labute approximate surface area is 225 Å². The summed E-state index contributed by atoms with van der Waals surface area (Å²) >= 11 is 0. The number of hydrogen-bond acceptors (Lipinski definition) is 8. The van der Waals surface area contributed by atoms with Crippen LogP contribution in [0.4, 0.5) is 0 Å². The average Bonchev–Trinajstić information content (AvgIpc) is 2.86. The van der Waals surface area contributed by atoms with Gasteiger partial charge in [0.2, 0.25) is 5.78 Å². The van der Waals surface area contributed by atoms with Crippen LogP contribution in [0.25, 0.3) is 0 Å². The number of nitrogens with zero attached hydrogens (tertiary/aromatic N) is 1. The van der Waals surface area contributed by atoms with Gasteiger partial charge in [-0.3, -0.25) is 19.3 Å². The number of fused-ring (bicyclic) bond motifs is 3. The Balaban J connectivity index is 1.60. The zero-order valence-electron chi connectivity index (χ0n) is 22.1. The molecule has 0 saturated heterocycles. The number of carbonyl (C=O) groups is 3. The predicted octanol–water partition coefficient (Wildman–Crippen LogP) is 2.21. The summed E-state index contributed by atoms with van der Waals surface area (Å²) < 4.78 is 0. The van der Waals surface area contributed by atoms with Gasteiger partial charge in [-0.05, 0) is 75.4 Å². The van der Waals surface area contributed by atoms with Crippen molar-refractivity contribution in [2.24, 2.45) is 17.6 Å². The first kappa shape index (κ1) is 26.6. The van der Waals surface area contributed by atoms with Crippen LogP contribution in [-0.2, 0) is 28.9 Å². The zero-order valence-corrected chi connectivity index (χ0v) is 22.1. The van der Waals surface area contributed by atoms with Gasteiger partial charge in [0.05, 0.1) is 11.6 Å². The molecule has 3 aliphatic rings. The molecule has 0 fully saturated rings. The first-order valence-corrected chi connectivity index (χ1v) is 12.9. The van der Waals surface area contributed by atoms with Crippen LogP contribution in [0.15, 0.2) is 59.1 Å². The number of hydrogen-bond donors (Lipinski definition) is 5. The normalized spacial score (nSPS) is 26.4. The molecule has 5 rings (SSSR count). The molecule has 0 aromatic heterocycles. The summed E-state index contributed by atoms with van der Waals surface area (Å²) in [6, 6.07) is 10.4. The van der Waals surface area contributed by atoms with Crippen LogP contribution >= 0.6 is 0 Å². The van der Waals surface area contributed by atoms with Gasteiger partial charge in [0.15, 0.2) is 11.4 Å². The summed E-state index contributed by atoms with van der Waals surface area (Å²) in [5.41, 5.74) is 5.65. The van der Waals surface area contributed by atoms with Crippen molar-refractivity contribution in [3.8, 4) is 5.75 Å². The Bertz CT molecular complexity index is 1470. The largest absolute Gasteiger partial charge is 0.510 e. The standard InChI is InChI=1S/C30H32N2O7/c1-14-4-6-15(7-5-14)8-9-16-10-11-20(33)22-18(16)12-17-13-19-24(32(2)3)26(35)23(29(31)38)28(37)30(19,39)27(36)21(17)25(22)34/h4-7,10-11,17,19,24,33,35-36,39H,8-9,12-13H2,1-3H3,(H2,31,38)/t17-,19-,24+,30+/m0/s1. The van der Waals surface area contributed by atoms with E-state index in [0.717, 1.165) is 23.1 Å². The molecule has 0 radical (unpaired) electrons. The Morgan fingerprint density at radius 1 is 1.05 bits per heavy atom. The maximum Gasteiger partial charge on any atom is 0.255 e. The average molecular weight is 533 g/mol. The second-order valence-electron chi connectivity index (χ2n) is 11.0. The quantitative estimate of drug-likeness (QED) is 0.366. The fourth-order valence-corrected chi connectivity index (χ4v) is 6.58. The van der Waals surface area contributed by atoms with E-state index >= 15 is 0 Å². The van der Waals surface area contributed by atoms with Gasteiger partial charge in [0.1, 0.15) is 22.8 Å². The third-order valence-electron chi connectivity index (χ3n) is 8.51. The molecule has 0 saturated carbocycles. The second-order valence-corrected chi connectivity index (χ2v) is 11.0. The third kappa shape index (κ3) is 3.95. The molecule has 39 heavy (non-hydrogen) atoms. The summed E-state index contributed by atoms with van der Waals surface area (Å²) in [7, 11) is 3.21. The zero-order chi connectivity index (χ0) is 28.4. The van der Waals surface area contributed by atoms with Crippen molar-refractivity contribution >= 4 is 17.5 Å². The molecule has 0 spiro atoms. The molecule has 4 atom stereocenters. The molecule has 9 heteroatoms. The minimum absolute atomic E-state index is 0.0391. The van der Waals surface area contributed by atoms with Crippen LogP contribution in [-0.4, -0.2) is 68.5 Å². The minimum Gasteiger partial charge on any atom is -0.510 e. The summed E-state index contributed by atoms with van der Waals surface area (Å²) in [5.74, 6) is -6.48. The number of benzene rings is 2. The van der Waals surface area contributed by atoms with E-state index in [2.05, 4.69) is 12.1 Å². The number of allylic oxidation sites excluding steroid dienone is 1. The van der Waals surface area contributed by atoms with E-state index in [4.69, 9.17) is 5.73 Å². The Kier molecular flexibility index (Phi) is 6.39. The van der Waals surface area contributed by atoms with Gasteiger partial charge < -0.3 is 26.2 Å². The number of primary amides is 1. The fraction of sp³-hybridized carbons (Fsp3) is 0.367. The lowest BCUT2D eigenvalue weighted by Crippen LogP contribution is -2.63. The van der Waals surface area contributed by atoms with Gasteiger partial charge in [-0.2, -0.15) is 0 Å². The highest BCUT2D eigenvalue weighted by Gasteiger charge is 2.63. The molecule has 2 aromatic carbocycles. The monoisotopic (exact) mass is 532 g/mol. The molecule has 0 aliphatic heterocycles. The third-order valence-corrected chi connectivity index (χ3v) is 8.51. The smallest absolute Gasteiger partial charge is 0.255 e. The molecule has 0 bridgehead atoms. The minimum atomic E-state index is -2.64. The van der Waals surface area contributed by atoms with Crippen molar-refractivity contribution in [3.05, 3.63) is 86.9 Å². The lowest BCUT2D eigenvalue weighted by atomic mass is 9.58. The van der Waals surface area contributed by atoms with E-state index in [1.54, 1.807) is 20.2 Å². The summed E-state index contributed by atoms with van der Waals surface area (Å²) in [6.45, 7) is 2.02. The van der Waals surface area contributed by atoms with Crippen LogP contribution in [0.1, 0.15) is 39.0 Å². The number of amides is 1. The fourth-order valence-electron chi connectivity index (χ4n) is 6.58. The van der Waals surface area contributed by atoms with Crippen molar-refractivity contribution in [3.63, 3.8) is 0 Å². The highest BCUT2D eigenvalue weighted by Crippen LogP contribution is 2.52. The highest BCUT2D eigenvalue weighted by atomic mass is 16.3. The number of aryl methyl sites for hydroxylation is 3. The lowest BCUT2D eigenvalue weighted by molar-refractivity contribution is -0.148. The van der Waals surface area contributed by atoms with Crippen LogP contribution in [0, 0.1) is 18.8 Å². The van der Waals surface area contributed by atoms with E-state index in [-0.39, 0.29) is 29.7 Å². The number of nitrogens with two attached hydrogens (primary N) is 1. The van der Waals surface area contributed by atoms with E-state index in [1.807, 2.05) is 19.1 Å². The maximum atomic E-state index is 13.8. The Morgan fingerprint density at radius 2 is 1.72 bits per heavy atom. The molecular weight excluding hydrogens is 500 g/mol. The van der Waals surface area contributed by atoms with E-state index < -0.39 is 58.0 Å². The van der Waals surface area contributed by atoms with Crippen LogP contribution in [0.2, 0.25) is 0 Å². The molecule has 204 valence electrons. The number of aliphatic hydroxyl groups is 3. The van der Waals surface area contributed by atoms with Gasteiger partial charge in [-0.1, -0.05) is 35.9 Å². The van der Waals surface area contributed by atoms with Crippen molar-refractivity contribution < 1.29 is 34.8 Å². The topological polar surface area (TPSA) is 161 Å². The second kappa shape index (κ2) is 9.36. The van der Waals surface area contributed by atoms with Gasteiger partial charge in [0.25, 0.3) is 5.91 Å². The SMILES string of the molecule is Cc1ccc(CCc2ccc(O)c3c2C[C@H]2C[C@H]4[C@@H](N(C)C)C(O)=C(C(N)=O)C(=O)[C@]4(O)C(O)=C2C3=O)cc1. The van der Waals surface area contributed by atoms with Crippen LogP contribution in [0.5, 0.6) is 5.75 Å². The van der Waals surface area contributed by atoms with Gasteiger partial charge in [0, 0.05) is 11.5 Å². The molecule has 1 amide bonds. The number of carbonyl (C=O) groups excluding carboxylic acids is 3. The number of aromatic hydroxyl groups is 1. The Morgan fingerprint density at radius 3 is 2.33 bits per heavy atom. The van der Waals surface area contributed by atoms with E-state index in [0.29, 0.717) is 12.0 Å². The highest BCUT2D eigenvalue weighted by molar-refractivity contribution is 6.24. The summed E-state index contributed by atoms with van der Waals surface area (Å²) in [4.78, 5) is 40.8. The van der Waals surface area contributed by atoms with E-state index in [1.165, 1.54) is 11.0 Å². The number of ketones is 2. The van der Waals surface area contributed by atoms with Crippen molar-refractivity contribution in [2.75, 3.05) is 14.1 Å². The van der Waals surface area contributed by atoms with Crippen LogP contribution in [0.3, 0.4) is 0 Å². The molecule has 2 aromatic rings. The predicted molar refractivity (Wildman–Crippen MR) is 142 cm³/mol. The number of phenolic OH excluding ortho intramolecular Hbond substituents is 1. The lowest BCUT2D eigenvalue weighted by Gasteiger charge is -2.50. The maximum absolute atomic E-state index is 13.8. The molecule has 0 unspecified atom stereocenters. The number of Topliss-reactive ketones (excluding diaryl/α,β-unsaturated/α-hetero) is 2. The number of rotatable bonds is 5. The molecule has 0 heterocycles. The Hall–Kier alpha value is -3.95. The number of aliphatic hydroxyl groups excluding tert-OH is 2. The van der Waals surface area contributed by atoms with Crippen molar-refractivity contribution in [1.29, 1.82) is 0 Å². The van der Waals surface area contributed by atoms with Gasteiger partial charge in [-0.25, -0.2) is 0 Å². The molecule has 6 N–H and O–H groups in total. The molecular formula is C30H32N2O7. The van der Waals surface area contributed by atoms with Gasteiger partial charge >= 0.3 is 0 Å². The van der Waals surface area contributed by atoms with Gasteiger partial charge in [-0.15, -0.1) is 0 Å². The number of likely N-dealkylation sites (N-methyl/N-ethyl adjacent to an activating group) is 1. The first-order chi connectivity index (χ1) is 18.4. The number of phenols is 1. The van der Waals surface area contributed by atoms with Crippen molar-refractivity contribution in [2.45, 2.75) is 44.2 Å². The van der Waals surface area contributed by atoms with Crippen molar-refractivity contribution in [1.82, 2.24) is 4.90 Å².